The highest BCUT2D eigenvalue weighted by molar-refractivity contribution is 6.10. The van der Waals surface area contributed by atoms with Crippen molar-refractivity contribution in [2.75, 3.05) is 20.7 Å². The van der Waals surface area contributed by atoms with Gasteiger partial charge in [0.15, 0.2) is 11.6 Å². The Bertz CT molecular complexity index is 1600. The van der Waals surface area contributed by atoms with Crippen molar-refractivity contribution in [2.24, 2.45) is 5.92 Å². The minimum Gasteiger partial charge on any atom is -0.496 e. The second-order valence-electron chi connectivity index (χ2n) is 11.7. The molecule has 1 aromatic heterocycles. The number of rotatable bonds is 8. The fourth-order valence-electron chi connectivity index (χ4n) is 6.90. The van der Waals surface area contributed by atoms with Gasteiger partial charge in [-0.3, -0.25) is 14.5 Å². The normalized spacial score (nSPS) is 20.6. The zero-order chi connectivity index (χ0) is 29.3. The van der Waals surface area contributed by atoms with E-state index >= 15 is 0 Å². The number of likely N-dealkylation sites (tertiary alicyclic amines) is 1. The number of Topliss-reactive ketones (excluding diaryl/α,β-unsaturated/α-hetero) is 2. The first-order valence-electron chi connectivity index (χ1n) is 14.5. The molecule has 6 nitrogen and oxygen atoms in total. The highest BCUT2D eigenvalue weighted by Crippen LogP contribution is 2.41. The number of piperidine rings is 1. The molecule has 212 valence electrons. The average molecular weight is 550 g/mol. The molecule has 0 spiro atoms. The number of carbonyl (C=O) groups is 2. The number of carbonyl (C=O) groups excluding carboxylic acids is 2. The van der Waals surface area contributed by atoms with Gasteiger partial charge in [-0.15, -0.1) is 0 Å². The van der Waals surface area contributed by atoms with Crippen molar-refractivity contribution in [3.05, 3.63) is 93.9 Å². The molecule has 6 heteroatoms. The molecule has 3 aromatic rings. The molecule has 0 amide bonds. The number of ketones is 2. The largest absolute Gasteiger partial charge is 0.496 e. The Morgan fingerprint density at radius 3 is 2.71 bits per heavy atom. The van der Waals surface area contributed by atoms with Crippen LogP contribution in [-0.4, -0.2) is 41.7 Å². The second-order valence-corrected chi connectivity index (χ2v) is 11.7. The smallest absolute Gasteiger partial charge is 0.166 e. The Hall–Kier alpha value is -3.95. The van der Waals surface area contributed by atoms with E-state index in [1.807, 2.05) is 49.4 Å². The third-order valence-electron chi connectivity index (χ3n) is 9.11. The van der Waals surface area contributed by atoms with E-state index in [0.29, 0.717) is 35.7 Å². The number of para-hydroxylation sites is 1. The van der Waals surface area contributed by atoms with Crippen LogP contribution in [0.25, 0.3) is 10.9 Å². The van der Waals surface area contributed by atoms with Gasteiger partial charge in [0, 0.05) is 52.7 Å². The number of aromatic nitrogens is 1. The van der Waals surface area contributed by atoms with Crippen LogP contribution in [0.2, 0.25) is 0 Å². The molecule has 2 aliphatic rings. The molecule has 2 aromatic carbocycles. The Morgan fingerprint density at radius 1 is 1.17 bits per heavy atom. The number of nitrogens with zero attached hydrogens (tertiary/aromatic N) is 3. The van der Waals surface area contributed by atoms with Gasteiger partial charge in [-0.25, -0.2) is 0 Å². The summed E-state index contributed by atoms with van der Waals surface area (Å²) in [4.78, 5) is 28.9. The predicted octanol–water partition coefficient (Wildman–Crippen LogP) is 7.25. The van der Waals surface area contributed by atoms with Crippen molar-refractivity contribution < 1.29 is 14.3 Å². The predicted molar refractivity (Wildman–Crippen MR) is 162 cm³/mol. The van der Waals surface area contributed by atoms with E-state index in [9.17, 15) is 14.9 Å². The Labute approximate surface area is 242 Å². The summed E-state index contributed by atoms with van der Waals surface area (Å²) in [6.07, 6.45) is 4.96. The summed E-state index contributed by atoms with van der Waals surface area (Å²) >= 11 is 0. The number of ether oxygens (including phenoxy) is 1. The molecule has 1 saturated heterocycles. The van der Waals surface area contributed by atoms with Crippen molar-refractivity contribution in [1.29, 1.82) is 5.26 Å². The summed E-state index contributed by atoms with van der Waals surface area (Å²) in [6, 6.07) is 18.9. The first kappa shape index (κ1) is 28.6. The van der Waals surface area contributed by atoms with Gasteiger partial charge in [0.25, 0.3) is 0 Å². The van der Waals surface area contributed by atoms with Crippen molar-refractivity contribution in [3.8, 4) is 6.07 Å². The van der Waals surface area contributed by atoms with Gasteiger partial charge < -0.3 is 9.30 Å². The van der Waals surface area contributed by atoms with Gasteiger partial charge in [-0.2, -0.15) is 5.26 Å². The van der Waals surface area contributed by atoms with Gasteiger partial charge in [-0.05, 0) is 89.4 Å². The topological polar surface area (TPSA) is 75.3 Å². The van der Waals surface area contributed by atoms with Crippen LogP contribution in [-0.2, 0) is 9.53 Å². The SMILES string of the molecule is COC1=C(CCC(=O)c2c(C)n(C(C)C3CCN(C)C(c4cccc(C#N)c4)C3)c3ccccc23)C(=O)CC(C)=C1. The van der Waals surface area contributed by atoms with Crippen LogP contribution < -0.4 is 0 Å². The maximum Gasteiger partial charge on any atom is 0.166 e. The van der Waals surface area contributed by atoms with Gasteiger partial charge in [0.2, 0.25) is 0 Å². The number of fused-ring (bicyclic) bond motifs is 1. The lowest BCUT2D eigenvalue weighted by Gasteiger charge is -2.40. The Balaban J connectivity index is 1.44. The Morgan fingerprint density at radius 2 is 1.95 bits per heavy atom. The van der Waals surface area contributed by atoms with E-state index in [-0.39, 0.29) is 30.1 Å². The molecule has 41 heavy (non-hydrogen) atoms. The molecule has 0 saturated carbocycles. The highest BCUT2D eigenvalue weighted by Gasteiger charge is 2.33. The van der Waals surface area contributed by atoms with E-state index in [0.717, 1.165) is 47.1 Å². The second kappa shape index (κ2) is 11.9. The van der Waals surface area contributed by atoms with Crippen LogP contribution in [0.3, 0.4) is 0 Å². The van der Waals surface area contributed by atoms with Crippen molar-refractivity contribution >= 4 is 22.5 Å². The molecule has 2 heterocycles. The van der Waals surface area contributed by atoms with Gasteiger partial charge in [-0.1, -0.05) is 35.9 Å². The van der Waals surface area contributed by atoms with Crippen LogP contribution in [0.4, 0.5) is 0 Å². The van der Waals surface area contributed by atoms with E-state index < -0.39 is 0 Å². The lowest BCUT2D eigenvalue weighted by atomic mass is 9.83. The molecule has 3 unspecified atom stereocenters. The molecule has 5 rings (SSSR count). The first-order chi connectivity index (χ1) is 19.7. The van der Waals surface area contributed by atoms with Gasteiger partial charge in [0.1, 0.15) is 5.76 Å². The molecule has 1 fully saturated rings. The molecule has 0 bridgehead atoms. The number of benzene rings is 2. The van der Waals surface area contributed by atoms with Crippen LogP contribution in [0.5, 0.6) is 0 Å². The third-order valence-corrected chi connectivity index (χ3v) is 9.11. The van der Waals surface area contributed by atoms with E-state index in [1.165, 1.54) is 5.56 Å². The standard InChI is InChI=1S/C35H39N3O3/c1-22-17-33(40)29(34(18-22)41-5)13-14-32(39)35-24(3)38(30-12-7-6-11-28(30)35)23(2)26-15-16-37(4)31(20-26)27-10-8-9-25(19-27)21-36/h6-12,18-19,23,26,31H,13-17,20H2,1-5H3. The average Bonchev–Trinajstić information content (AvgIpc) is 3.27. The van der Waals surface area contributed by atoms with Crippen LogP contribution in [0.1, 0.15) is 85.2 Å². The summed E-state index contributed by atoms with van der Waals surface area (Å²) in [5.74, 6) is 1.08. The monoisotopic (exact) mass is 549 g/mol. The minimum absolute atomic E-state index is 0.0412. The van der Waals surface area contributed by atoms with Crippen molar-refractivity contribution in [1.82, 2.24) is 9.47 Å². The summed E-state index contributed by atoms with van der Waals surface area (Å²) in [7, 11) is 3.74. The van der Waals surface area contributed by atoms with Crippen molar-refractivity contribution in [3.63, 3.8) is 0 Å². The zero-order valence-electron chi connectivity index (χ0n) is 24.7. The van der Waals surface area contributed by atoms with E-state index in [4.69, 9.17) is 4.74 Å². The maximum atomic E-state index is 13.8. The molecule has 1 aliphatic carbocycles. The molecular formula is C35H39N3O3. The molecular weight excluding hydrogens is 510 g/mol. The number of nitriles is 1. The molecule has 0 N–H and O–H groups in total. The van der Waals surface area contributed by atoms with Gasteiger partial charge >= 0.3 is 0 Å². The van der Waals surface area contributed by atoms with Crippen LogP contribution in [0.15, 0.2) is 71.5 Å². The van der Waals surface area contributed by atoms with Crippen molar-refractivity contribution in [2.45, 2.75) is 65.0 Å². The molecule has 0 radical (unpaired) electrons. The zero-order valence-corrected chi connectivity index (χ0v) is 24.7. The molecule has 3 atom stereocenters. The van der Waals surface area contributed by atoms with Gasteiger partial charge in [0.05, 0.1) is 18.7 Å². The lowest BCUT2D eigenvalue weighted by Crippen LogP contribution is -2.36. The summed E-state index contributed by atoms with van der Waals surface area (Å²) in [5, 5.41) is 10.4. The number of hydrogen-bond donors (Lipinski definition) is 0. The number of methoxy groups -OCH3 is 1. The Kier molecular flexibility index (Phi) is 8.28. The van der Waals surface area contributed by atoms with E-state index in [1.54, 1.807) is 7.11 Å². The summed E-state index contributed by atoms with van der Waals surface area (Å²) in [5.41, 5.74) is 6.27. The van der Waals surface area contributed by atoms with Crippen LogP contribution >= 0.6 is 0 Å². The van der Waals surface area contributed by atoms with Crippen LogP contribution in [0, 0.1) is 24.2 Å². The third kappa shape index (κ3) is 5.52. The number of hydrogen-bond acceptors (Lipinski definition) is 5. The summed E-state index contributed by atoms with van der Waals surface area (Å²) < 4.78 is 7.85. The number of allylic oxidation sites excluding steroid dienone is 3. The minimum atomic E-state index is 0.0412. The quantitative estimate of drug-likeness (QED) is 0.277. The fraction of sp³-hybridized carbons (Fsp3) is 0.400. The summed E-state index contributed by atoms with van der Waals surface area (Å²) in [6.45, 7) is 7.23. The van der Waals surface area contributed by atoms with E-state index in [2.05, 4.69) is 48.6 Å². The first-order valence-corrected chi connectivity index (χ1v) is 14.5. The highest BCUT2D eigenvalue weighted by atomic mass is 16.5. The lowest BCUT2D eigenvalue weighted by molar-refractivity contribution is -0.115. The maximum absolute atomic E-state index is 13.8. The molecule has 1 aliphatic heterocycles. The fourth-order valence-corrected chi connectivity index (χ4v) is 6.90.